The van der Waals surface area contributed by atoms with E-state index < -0.39 is 0 Å². The van der Waals surface area contributed by atoms with Crippen molar-refractivity contribution in [3.05, 3.63) is 58.9 Å². The van der Waals surface area contributed by atoms with Crippen LogP contribution in [0.15, 0.2) is 42.5 Å². The minimum Gasteiger partial charge on any atom is -0.332 e. The van der Waals surface area contributed by atoms with Crippen LogP contribution in [0.3, 0.4) is 0 Å². The molecule has 0 heterocycles. The number of anilines is 2. The Balaban J connectivity index is 2.01. The van der Waals surface area contributed by atoms with Gasteiger partial charge < -0.3 is 10.6 Å². The Bertz CT molecular complexity index is 599. The standard InChI is InChI=1S/C14H12ClFN2S/c1-9-2-5-12(8-13(9)15)18-14(19)17-11-6-3-10(16)4-7-11/h2-8H,1H3,(H2,17,18,19). The number of benzene rings is 2. The lowest BCUT2D eigenvalue weighted by molar-refractivity contribution is 0.628. The average molecular weight is 295 g/mol. The number of halogens is 2. The molecule has 0 spiro atoms. The zero-order chi connectivity index (χ0) is 13.8. The van der Waals surface area contributed by atoms with Gasteiger partial charge in [0.1, 0.15) is 5.82 Å². The first-order chi connectivity index (χ1) is 9.04. The van der Waals surface area contributed by atoms with Crippen LogP contribution in [0.5, 0.6) is 0 Å². The Morgan fingerprint density at radius 2 is 1.63 bits per heavy atom. The largest absolute Gasteiger partial charge is 0.332 e. The maximum Gasteiger partial charge on any atom is 0.175 e. The number of aryl methyl sites for hydroxylation is 1. The SMILES string of the molecule is Cc1ccc(NC(=S)Nc2ccc(F)cc2)cc1Cl. The van der Waals surface area contributed by atoms with Crippen molar-refractivity contribution in [1.29, 1.82) is 0 Å². The third-order valence-electron chi connectivity index (χ3n) is 2.53. The molecule has 0 aromatic heterocycles. The van der Waals surface area contributed by atoms with Crippen LogP contribution in [-0.4, -0.2) is 5.11 Å². The van der Waals surface area contributed by atoms with E-state index in [9.17, 15) is 4.39 Å². The van der Waals surface area contributed by atoms with Crippen molar-refractivity contribution in [3.8, 4) is 0 Å². The van der Waals surface area contributed by atoms with E-state index in [1.807, 2.05) is 19.1 Å². The lowest BCUT2D eigenvalue weighted by atomic mass is 10.2. The molecule has 0 saturated heterocycles. The van der Waals surface area contributed by atoms with Gasteiger partial charge in [0.25, 0.3) is 0 Å². The zero-order valence-corrected chi connectivity index (χ0v) is 11.8. The van der Waals surface area contributed by atoms with E-state index >= 15 is 0 Å². The Hall–Kier alpha value is -1.65. The Morgan fingerprint density at radius 3 is 2.26 bits per heavy atom. The molecule has 0 unspecified atom stereocenters. The summed E-state index contributed by atoms with van der Waals surface area (Å²) in [6.07, 6.45) is 0. The number of rotatable bonds is 2. The summed E-state index contributed by atoms with van der Waals surface area (Å²) in [5.41, 5.74) is 2.52. The van der Waals surface area contributed by atoms with Gasteiger partial charge in [0, 0.05) is 16.4 Å². The van der Waals surface area contributed by atoms with E-state index in [0.717, 1.165) is 16.9 Å². The minimum absolute atomic E-state index is 0.283. The van der Waals surface area contributed by atoms with Crippen molar-refractivity contribution >= 4 is 40.3 Å². The van der Waals surface area contributed by atoms with Gasteiger partial charge in [0.05, 0.1) is 0 Å². The molecule has 0 aliphatic carbocycles. The van der Waals surface area contributed by atoms with Crippen LogP contribution in [0.1, 0.15) is 5.56 Å². The first-order valence-electron chi connectivity index (χ1n) is 5.64. The molecular formula is C14H12ClFN2S. The molecule has 19 heavy (non-hydrogen) atoms. The quantitative estimate of drug-likeness (QED) is 0.792. The molecule has 0 amide bonds. The molecule has 0 fully saturated rings. The van der Waals surface area contributed by atoms with E-state index in [1.165, 1.54) is 12.1 Å². The lowest BCUT2D eigenvalue weighted by Crippen LogP contribution is -2.19. The molecule has 2 aromatic carbocycles. The summed E-state index contributed by atoms with van der Waals surface area (Å²) in [6.45, 7) is 1.93. The van der Waals surface area contributed by atoms with Gasteiger partial charge in [-0.05, 0) is 61.1 Å². The summed E-state index contributed by atoms with van der Waals surface area (Å²) in [4.78, 5) is 0. The fourth-order valence-corrected chi connectivity index (χ4v) is 1.91. The summed E-state index contributed by atoms with van der Waals surface area (Å²) in [7, 11) is 0. The summed E-state index contributed by atoms with van der Waals surface area (Å²) in [5, 5.41) is 7.08. The lowest BCUT2D eigenvalue weighted by Gasteiger charge is -2.11. The highest BCUT2D eigenvalue weighted by Gasteiger charge is 2.01. The van der Waals surface area contributed by atoms with Gasteiger partial charge in [-0.2, -0.15) is 0 Å². The first-order valence-corrected chi connectivity index (χ1v) is 6.43. The topological polar surface area (TPSA) is 24.1 Å². The molecule has 0 radical (unpaired) electrons. The van der Waals surface area contributed by atoms with Gasteiger partial charge in [-0.25, -0.2) is 4.39 Å². The number of thiocarbonyl (C=S) groups is 1. The van der Waals surface area contributed by atoms with Crippen molar-refractivity contribution in [2.45, 2.75) is 6.92 Å². The third kappa shape index (κ3) is 3.91. The summed E-state index contributed by atoms with van der Waals surface area (Å²) >= 11 is 11.2. The van der Waals surface area contributed by atoms with Crippen LogP contribution in [0.2, 0.25) is 5.02 Å². The van der Waals surface area contributed by atoms with Crippen molar-refractivity contribution in [3.63, 3.8) is 0 Å². The van der Waals surface area contributed by atoms with E-state index in [1.54, 1.807) is 18.2 Å². The highest BCUT2D eigenvalue weighted by Crippen LogP contribution is 2.20. The molecule has 0 saturated carbocycles. The van der Waals surface area contributed by atoms with E-state index in [0.29, 0.717) is 10.1 Å². The van der Waals surface area contributed by atoms with Crippen molar-refractivity contribution in [1.82, 2.24) is 0 Å². The third-order valence-corrected chi connectivity index (χ3v) is 3.14. The minimum atomic E-state index is -0.283. The number of hydrogen-bond acceptors (Lipinski definition) is 1. The van der Waals surface area contributed by atoms with Gasteiger partial charge in [0.15, 0.2) is 5.11 Å². The van der Waals surface area contributed by atoms with Crippen LogP contribution in [-0.2, 0) is 0 Å². The highest BCUT2D eigenvalue weighted by atomic mass is 35.5. The van der Waals surface area contributed by atoms with Crippen molar-refractivity contribution in [2.24, 2.45) is 0 Å². The fourth-order valence-electron chi connectivity index (χ4n) is 1.50. The van der Waals surface area contributed by atoms with Crippen molar-refractivity contribution < 1.29 is 4.39 Å². The fraction of sp³-hybridized carbons (Fsp3) is 0.0714. The average Bonchev–Trinajstić information content (AvgIpc) is 2.37. The monoisotopic (exact) mass is 294 g/mol. The van der Waals surface area contributed by atoms with Gasteiger partial charge in [-0.15, -0.1) is 0 Å². The molecular weight excluding hydrogens is 283 g/mol. The molecule has 0 bridgehead atoms. The van der Waals surface area contributed by atoms with Gasteiger partial charge in [0.2, 0.25) is 0 Å². The van der Waals surface area contributed by atoms with E-state index in [4.69, 9.17) is 23.8 Å². The second kappa shape index (κ2) is 5.99. The van der Waals surface area contributed by atoms with Gasteiger partial charge >= 0.3 is 0 Å². The molecule has 0 aliphatic rings. The van der Waals surface area contributed by atoms with Crippen LogP contribution in [0, 0.1) is 12.7 Å². The molecule has 98 valence electrons. The second-order valence-corrected chi connectivity index (χ2v) is 4.87. The summed E-state index contributed by atoms with van der Waals surface area (Å²) in [5.74, 6) is -0.283. The Morgan fingerprint density at radius 1 is 1.05 bits per heavy atom. The molecule has 2 nitrogen and oxygen atoms in total. The number of nitrogens with one attached hydrogen (secondary N) is 2. The van der Waals surface area contributed by atoms with Gasteiger partial charge in [-0.1, -0.05) is 17.7 Å². The predicted octanol–water partition coefficient (Wildman–Crippen LogP) is 4.60. The van der Waals surface area contributed by atoms with Crippen LogP contribution in [0.4, 0.5) is 15.8 Å². The Kier molecular flexibility index (Phi) is 4.35. The van der Waals surface area contributed by atoms with E-state index in [-0.39, 0.29) is 5.82 Å². The zero-order valence-electron chi connectivity index (χ0n) is 10.2. The summed E-state index contributed by atoms with van der Waals surface area (Å²) in [6, 6.07) is 11.6. The van der Waals surface area contributed by atoms with Crippen molar-refractivity contribution in [2.75, 3.05) is 10.6 Å². The van der Waals surface area contributed by atoms with Crippen LogP contribution < -0.4 is 10.6 Å². The van der Waals surface area contributed by atoms with Crippen LogP contribution in [0.25, 0.3) is 0 Å². The molecule has 5 heteroatoms. The Labute approximate surface area is 121 Å². The highest BCUT2D eigenvalue weighted by molar-refractivity contribution is 7.80. The summed E-state index contributed by atoms with van der Waals surface area (Å²) < 4.78 is 12.8. The molecule has 2 rings (SSSR count). The van der Waals surface area contributed by atoms with E-state index in [2.05, 4.69) is 10.6 Å². The molecule has 2 aromatic rings. The first kappa shape index (κ1) is 13.8. The normalized spacial score (nSPS) is 10.1. The maximum atomic E-state index is 12.8. The van der Waals surface area contributed by atoms with Gasteiger partial charge in [-0.3, -0.25) is 0 Å². The second-order valence-electron chi connectivity index (χ2n) is 4.05. The molecule has 0 atom stereocenters. The van der Waals surface area contributed by atoms with Crippen LogP contribution >= 0.6 is 23.8 Å². The molecule has 0 aliphatic heterocycles. The molecule has 2 N–H and O–H groups in total. The smallest absolute Gasteiger partial charge is 0.175 e. The predicted molar refractivity (Wildman–Crippen MR) is 82.4 cm³/mol. The number of hydrogen-bond donors (Lipinski definition) is 2. The maximum absolute atomic E-state index is 12.8.